The van der Waals surface area contributed by atoms with Crippen LogP contribution in [0.1, 0.15) is 49.3 Å². The molecule has 0 bridgehead atoms. The van der Waals surface area contributed by atoms with Gasteiger partial charge < -0.3 is 5.32 Å². The molecule has 1 unspecified atom stereocenters. The van der Waals surface area contributed by atoms with E-state index in [1.165, 1.54) is 19.1 Å². The van der Waals surface area contributed by atoms with E-state index in [9.17, 15) is 0 Å². The monoisotopic (exact) mass is 400 g/mol. The van der Waals surface area contributed by atoms with Crippen LogP contribution in [0.2, 0.25) is 0 Å². The molecule has 2 rings (SSSR count). The zero-order valence-corrected chi connectivity index (χ0v) is 15.6. The van der Waals surface area contributed by atoms with Gasteiger partial charge in [-0.15, -0.1) is 11.3 Å². The number of anilines is 1. The van der Waals surface area contributed by atoms with Gasteiger partial charge in [-0.3, -0.25) is 0 Å². The lowest BCUT2D eigenvalue weighted by Gasteiger charge is -2.16. The van der Waals surface area contributed by atoms with Crippen LogP contribution in [-0.2, 0) is 5.41 Å². The molecular weight excluding hydrogens is 379 g/mol. The van der Waals surface area contributed by atoms with E-state index in [1.807, 2.05) is 11.3 Å². The molecule has 1 aromatic heterocycles. The van der Waals surface area contributed by atoms with E-state index in [0.717, 1.165) is 5.69 Å². The highest BCUT2D eigenvalue weighted by Gasteiger charge is 2.22. The Hall–Kier alpha value is -0.620. The summed E-state index contributed by atoms with van der Waals surface area (Å²) in [6.07, 6.45) is 0. The van der Waals surface area contributed by atoms with E-state index in [1.54, 1.807) is 0 Å². The van der Waals surface area contributed by atoms with Gasteiger partial charge in [0.1, 0.15) is 0 Å². The number of benzene rings is 1. The maximum absolute atomic E-state index is 4.74. The normalized spacial score (nSPS) is 13.3. The number of hydrogen-bond acceptors (Lipinski definition) is 3. The molecule has 1 aromatic carbocycles. The van der Waals surface area contributed by atoms with Crippen LogP contribution in [0.15, 0.2) is 24.3 Å². The standard InChI is InChI=1S/C16H21IN2S/c1-10(18-13-9-7-6-8-12(13)17)14-11(2)19-15(20-14)16(3,4)5/h6-10,18H,1-5H3. The third kappa shape index (κ3) is 3.52. The van der Waals surface area contributed by atoms with Crippen LogP contribution in [0.5, 0.6) is 0 Å². The van der Waals surface area contributed by atoms with Gasteiger partial charge in [-0.25, -0.2) is 4.98 Å². The predicted molar refractivity (Wildman–Crippen MR) is 96.7 cm³/mol. The van der Waals surface area contributed by atoms with Crippen LogP contribution in [0.4, 0.5) is 5.69 Å². The molecule has 108 valence electrons. The molecule has 1 N–H and O–H groups in total. The number of nitrogens with zero attached hydrogens (tertiary/aromatic N) is 1. The molecule has 0 saturated carbocycles. The van der Waals surface area contributed by atoms with Crippen molar-refractivity contribution in [2.24, 2.45) is 0 Å². The third-order valence-electron chi connectivity index (χ3n) is 3.11. The Kier molecular flexibility index (Phi) is 4.74. The molecule has 0 amide bonds. The molecule has 2 nitrogen and oxygen atoms in total. The Morgan fingerprint density at radius 1 is 1.25 bits per heavy atom. The lowest BCUT2D eigenvalue weighted by atomic mass is 9.98. The third-order valence-corrected chi connectivity index (χ3v) is 5.82. The van der Waals surface area contributed by atoms with Gasteiger partial charge in [-0.2, -0.15) is 0 Å². The fourth-order valence-electron chi connectivity index (χ4n) is 2.01. The van der Waals surface area contributed by atoms with Gasteiger partial charge in [0.15, 0.2) is 0 Å². The second-order valence-corrected chi connectivity index (χ2v) is 8.26. The van der Waals surface area contributed by atoms with Crippen molar-refractivity contribution in [1.82, 2.24) is 4.98 Å². The van der Waals surface area contributed by atoms with E-state index in [4.69, 9.17) is 4.98 Å². The molecule has 0 aliphatic rings. The summed E-state index contributed by atoms with van der Waals surface area (Å²) in [6.45, 7) is 11.0. The first kappa shape index (κ1) is 15.8. The topological polar surface area (TPSA) is 24.9 Å². The summed E-state index contributed by atoms with van der Waals surface area (Å²) in [4.78, 5) is 6.07. The lowest BCUT2D eigenvalue weighted by Crippen LogP contribution is -2.10. The van der Waals surface area contributed by atoms with Crippen molar-refractivity contribution < 1.29 is 0 Å². The second-order valence-electron chi connectivity index (χ2n) is 6.06. The van der Waals surface area contributed by atoms with Crippen molar-refractivity contribution in [1.29, 1.82) is 0 Å². The number of rotatable bonds is 3. The average molecular weight is 400 g/mol. The molecule has 0 aliphatic carbocycles. The van der Waals surface area contributed by atoms with Gasteiger partial charge in [0.25, 0.3) is 0 Å². The smallest absolute Gasteiger partial charge is 0.0985 e. The summed E-state index contributed by atoms with van der Waals surface area (Å²) in [7, 11) is 0. The van der Waals surface area contributed by atoms with E-state index in [0.29, 0.717) is 0 Å². The Labute approximate surface area is 139 Å². The fourth-order valence-corrected chi connectivity index (χ4v) is 3.68. The van der Waals surface area contributed by atoms with Crippen molar-refractivity contribution in [3.8, 4) is 0 Å². The minimum absolute atomic E-state index is 0.120. The van der Waals surface area contributed by atoms with E-state index < -0.39 is 0 Å². The number of thiazole rings is 1. The van der Waals surface area contributed by atoms with Crippen molar-refractivity contribution in [2.45, 2.75) is 46.1 Å². The first-order chi connectivity index (χ1) is 9.29. The Morgan fingerprint density at radius 2 is 1.90 bits per heavy atom. The largest absolute Gasteiger partial charge is 0.377 e. The van der Waals surface area contributed by atoms with Gasteiger partial charge in [-0.1, -0.05) is 32.9 Å². The molecule has 0 radical (unpaired) electrons. The Balaban J connectivity index is 2.24. The molecule has 20 heavy (non-hydrogen) atoms. The number of aromatic nitrogens is 1. The lowest BCUT2D eigenvalue weighted by molar-refractivity contribution is 0.584. The summed E-state index contributed by atoms with van der Waals surface area (Å²) in [5, 5.41) is 4.80. The van der Waals surface area contributed by atoms with Crippen molar-refractivity contribution in [3.05, 3.63) is 43.4 Å². The quantitative estimate of drug-likeness (QED) is 0.686. The fraction of sp³-hybridized carbons (Fsp3) is 0.438. The summed E-state index contributed by atoms with van der Waals surface area (Å²) in [5.74, 6) is 0. The summed E-state index contributed by atoms with van der Waals surface area (Å²) in [5.41, 5.74) is 2.45. The molecule has 2 aromatic rings. The molecule has 0 aliphatic heterocycles. The van der Waals surface area contributed by atoms with Crippen LogP contribution < -0.4 is 5.32 Å². The van der Waals surface area contributed by atoms with Gasteiger partial charge in [0, 0.05) is 19.5 Å². The minimum Gasteiger partial charge on any atom is -0.377 e. The highest BCUT2D eigenvalue weighted by atomic mass is 127. The maximum atomic E-state index is 4.74. The van der Waals surface area contributed by atoms with Crippen molar-refractivity contribution in [2.75, 3.05) is 5.32 Å². The predicted octanol–water partition coefficient (Wildman–Crippen LogP) is 5.53. The van der Waals surface area contributed by atoms with Crippen molar-refractivity contribution >= 4 is 39.6 Å². The molecular formula is C16H21IN2S. The molecule has 4 heteroatoms. The number of aryl methyl sites for hydroxylation is 1. The molecule has 0 saturated heterocycles. The highest BCUT2D eigenvalue weighted by Crippen LogP contribution is 2.34. The van der Waals surface area contributed by atoms with Gasteiger partial charge in [0.2, 0.25) is 0 Å². The average Bonchev–Trinajstić information content (AvgIpc) is 2.74. The zero-order valence-electron chi connectivity index (χ0n) is 12.6. The van der Waals surface area contributed by atoms with Gasteiger partial charge in [0.05, 0.1) is 16.7 Å². The Morgan fingerprint density at radius 3 is 2.45 bits per heavy atom. The number of halogens is 1. The van der Waals surface area contributed by atoms with Crippen LogP contribution in [0, 0.1) is 10.5 Å². The van der Waals surface area contributed by atoms with Gasteiger partial charge >= 0.3 is 0 Å². The second kappa shape index (κ2) is 6.02. The maximum Gasteiger partial charge on any atom is 0.0985 e. The number of nitrogens with one attached hydrogen (secondary N) is 1. The minimum atomic E-state index is 0.120. The van der Waals surface area contributed by atoms with Crippen LogP contribution >= 0.6 is 33.9 Å². The molecule has 1 atom stereocenters. The first-order valence-corrected chi connectivity index (χ1v) is 8.67. The summed E-state index contributed by atoms with van der Waals surface area (Å²) >= 11 is 4.19. The highest BCUT2D eigenvalue weighted by molar-refractivity contribution is 14.1. The first-order valence-electron chi connectivity index (χ1n) is 6.78. The van der Waals surface area contributed by atoms with Crippen LogP contribution in [0.25, 0.3) is 0 Å². The van der Waals surface area contributed by atoms with Crippen LogP contribution in [0.3, 0.4) is 0 Å². The van der Waals surface area contributed by atoms with E-state index in [2.05, 4.69) is 86.8 Å². The number of para-hydroxylation sites is 1. The van der Waals surface area contributed by atoms with Crippen molar-refractivity contribution in [3.63, 3.8) is 0 Å². The summed E-state index contributed by atoms with van der Waals surface area (Å²) < 4.78 is 1.25. The van der Waals surface area contributed by atoms with E-state index >= 15 is 0 Å². The summed E-state index contributed by atoms with van der Waals surface area (Å²) in [6, 6.07) is 8.65. The molecule has 0 fully saturated rings. The Bertz CT molecular complexity index is 599. The van der Waals surface area contributed by atoms with Crippen LogP contribution in [-0.4, -0.2) is 4.98 Å². The SMILES string of the molecule is Cc1nc(C(C)(C)C)sc1C(C)Nc1ccccc1I. The molecule has 1 heterocycles. The zero-order chi connectivity index (χ0) is 14.9. The van der Waals surface area contributed by atoms with Gasteiger partial charge in [-0.05, 0) is 48.6 Å². The van der Waals surface area contributed by atoms with E-state index in [-0.39, 0.29) is 11.5 Å². The number of hydrogen-bond donors (Lipinski definition) is 1. The molecule has 0 spiro atoms.